The lowest BCUT2D eigenvalue weighted by Crippen LogP contribution is -2.32. The molecule has 0 atom stereocenters. The van der Waals surface area contributed by atoms with Gasteiger partial charge in [-0.3, -0.25) is 5.10 Å². The van der Waals surface area contributed by atoms with Crippen molar-refractivity contribution in [1.82, 2.24) is 14.9 Å². The number of hydrogen-bond donors (Lipinski definition) is 3. The fourth-order valence-electron chi connectivity index (χ4n) is 2.26. The van der Waals surface area contributed by atoms with Gasteiger partial charge in [0.1, 0.15) is 4.90 Å². The maximum Gasteiger partial charge on any atom is 0.243 e. The maximum atomic E-state index is 12.0. The molecule has 1 fully saturated rings. The molecule has 1 aromatic rings. The minimum Gasteiger partial charge on any atom is -0.393 e. The van der Waals surface area contributed by atoms with Crippen molar-refractivity contribution in [3.8, 4) is 0 Å². The van der Waals surface area contributed by atoms with E-state index >= 15 is 0 Å². The highest BCUT2D eigenvalue weighted by molar-refractivity contribution is 7.89. The van der Waals surface area contributed by atoms with Crippen LogP contribution in [-0.4, -0.2) is 36.4 Å². The van der Waals surface area contributed by atoms with Crippen LogP contribution in [0.4, 0.5) is 0 Å². The van der Waals surface area contributed by atoms with E-state index in [0.717, 1.165) is 25.7 Å². The average Bonchev–Trinajstić information content (AvgIpc) is 2.76. The van der Waals surface area contributed by atoms with E-state index in [1.807, 2.05) is 0 Å². The number of aliphatic hydroxyl groups excluding tert-OH is 1. The van der Waals surface area contributed by atoms with Crippen LogP contribution in [-0.2, 0) is 10.0 Å². The summed E-state index contributed by atoms with van der Waals surface area (Å²) in [5.41, 5.74) is 0.543. The van der Waals surface area contributed by atoms with E-state index < -0.39 is 10.0 Å². The van der Waals surface area contributed by atoms with E-state index in [2.05, 4.69) is 14.9 Å². The summed E-state index contributed by atoms with van der Waals surface area (Å²) in [6.07, 6.45) is 4.37. The fraction of sp³-hybridized carbons (Fsp3) is 0.727. The molecule has 6 nitrogen and oxygen atoms in total. The van der Waals surface area contributed by atoms with Gasteiger partial charge in [0, 0.05) is 6.54 Å². The molecule has 0 amide bonds. The van der Waals surface area contributed by atoms with Crippen molar-refractivity contribution in [3.63, 3.8) is 0 Å². The fourth-order valence-corrected chi connectivity index (χ4v) is 3.52. The van der Waals surface area contributed by atoms with Gasteiger partial charge in [0.15, 0.2) is 0 Å². The summed E-state index contributed by atoms with van der Waals surface area (Å²) in [5, 5.41) is 15.7. The molecule has 0 aliphatic heterocycles. The summed E-state index contributed by atoms with van der Waals surface area (Å²) >= 11 is 0. The zero-order valence-corrected chi connectivity index (χ0v) is 11.2. The molecular weight excluding hydrogens is 254 g/mol. The topological polar surface area (TPSA) is 95.1 Å². The summed E-state index contributed by atoms with van der Waals surface area (Å²) in [6.45, 7) is 2.11. The molecule has 1 aliphatic rings. The van der Waals surface area contributed by atoms with Crippen LogP contribution < -0.4 is 4.72 Å². The van der Waals surface area contributed by atoms with Gasteiger partial charge in [0.25, 0.3) is 0 Å². The van der Waals surface area contributed by atoms with Crippen LogP contribution in [0.2, 0.25) is 0 Å². The number of nitrogens with zero attached hydrogens (tertiary/aromatic N) is 1. The lowest BCUT2D eigenvalue weighted by atomic mass is 9.88. The van der Waals surface area contributed by atoms with Crippen molar-refractivity contribution in [1.29, 1.82) is 0 Å². The normalized spacial score (nSPS) is 25.2. The van der Waals surface area contributed by atoms with Crippen molar-refractivity contribution in [2.75, 3.05) is 6.54 Å². The molecule has 1 aromatic heterocycles. The number of aryl methyl sites for hydroxylation is 1. The highest BCUT2D eigenvalue weighted by Gasteiger charge is 2.23. The Morgan fingerprint density at radius 1 is 1.44 bits per heavy atom. The molecule has 0 spiro atoms. The minimum atomic E-state index is -3.47. The zero-order valence-electron chi connectivity index (χ0n) is 10.4. The number of hydrogen-bond acceptors (Lipinski definition) is 4. The Hall–Kier alpha value is -0.920. The molecule has 7 heteroatoms. The molecule has 1 aliphatic carbocycles. The smallest absolute Gasteiger partial charge is 0.243 e. The zero-order chi connectivity index (χ0) is 13.2. The second kappa shape index (κ2) is 5.38. The second-order valence-electron chi connectivity index (χ2n) is 4.89. The number of aromatic nitrogens is 2. The first-order valence-corrected chi connectivity index (χ1v) is 7.65. The van der Waals surface area contributed by atoms with E-state index in [1.54, 1.807) is 6.92 Å². The van der Waals surface area contributed by atoms with E-state index in [0.29, 0.717) is 18.2 Å². The molecule has 18 heavy (non-hydrogen) atoms. The molecule has 3 N–H and O–H groups in total. The van der Waals surface area contributed by atoms with E-state index in [4.69, 9.17) is 0 Å². The predicted molar refractivity (Wildman–Crippen MR) is 66.5 cm³/mol. The molecule has 1 heterocycles. The third-order valence-electron chi connectivity index (χ3n) is 3.45. The molecule has 0 unspecified atom stereocenters. The maximum absolute atomic E-state index is 12.0. The molecular formula is C11H19N3O3S. The van der Waals surface area contributed by atoms with Crippen LogP contribution in [0.25, 0.3) is 0 Å². The Labute approximate surface area is 107 Å². The molecule has 2 rings (SSSR count). The average molecular weight is 273 g/mol. The van der Waals surface area contributed by atoms with Gasteiger partial charge in [0.2, 0.25) is 10.0 Å². The molecule has 0 bridgehead atoms. The van der Waals surface area contributed by atoms with Crippen molar-refractivity contribution in [3.05, 3.63) is 11.9 Å². The number of aliphatic hydroxyl groups is 1. The van der Waals surface area contributed by atoms with Crippen LogP contribution in [0.3, 0.4) is 0 Å². The van der Waals surface area contributed by atoms with Gasteiger partial charge in [0.05, 0.1) is 18.0 Å². The van der Waals surface area contributed by atoms with Gasteiger partial charge < -0.3 is 5.11 Å². The third-order valence-corrected chi connectivity index (χ3v) is 4.99. The van der Waals surface area contributed by atoms with Gasteiger partial charge in [-0.1, -0.05) is 0 Å². The van der Waals surface area contributed by atoms with Crippen LogP contribution in [0.1, 0.15) is 31.4 Å². The molecule has 0 saturated heterocycles. The van der Waals surface area contributed by atoms with Crippen molar-refractivity contribution in [2.45, 2.75) is 43.6 Å². The van der Waals surface area contributed by atoms with Crippen LogP contribution in [0, 0.1) is 12.8 Å². The lowest BCUT2D eigenvalue weighted by Gasteiger charge is -2.25. The van der Waals surface area contributed by atoms with Crippen LogP contribution in [0.5, 0.6) is 0 Å². The van der Waals surface area contributed by atoms with E-state index in [9.17, 15) is 13.5 Å². The molecule has 0 aromatic carbocycles. The standard InChI is InChI=1S/C11H19N3O3S/c1-8-11(7-12-14-8)18(16,17)13-6-9-2-4-10(15)5-3-9/h7,9-10,13,15H,2-6H2,1H3,(H,12,14). The second-order valence-corrected chi connectivity index (χ2v) is 6.62. The van der Waals surface area contributed by atoms with Gasteiger partial charge in [-0.15, -0.1) is 0 Å². The summed E-state index contributed by atoms with van der Waals surface area (Å²) in [6, 6.07) is 0. The van der Waals surface area contributed by atoms with Gasteiger partial charge in [-0.25, -0.2) is 13.1 Å². The Morgan fingerprint density at radius 2 is 2.11 bits per heavy atom. The predicted octanol–water partition coefficient (Wildman–Crippen LogP) is 0.548. The van der Waals surface area contributed by atoms with Gasteiger partial charge in [-0.2, -0.15) is 5.10 Å². The van der Waals surface area contributed by atoms with Crippen LogP contribution in [0.15, 0.2) is 11.1 Å². The first-order valence-electron chi connectivity index (χ1n) is 6.17. The van der Waals surface area contributed by atoms with E-state index in [-0.39, 0.29) is 11.0 Å². The van der Waals surface area contributed by atoms with Gasteiger partial charge >= 0.3 is 0 Å². The summed E-state index contributed by atoms with van der Waals surface area (Å²) in [7, 11) is -3.47. The highest BCUT2D eigenvalue weighted by Crippen LogP contribution is 2.24. The number of sulfonamides is 1. The molecule has 0 radical (unpaired) electrons. The number of H-pyrrole nitrogens is 1. The lowest BCUT2D eigenvalue weighted by molar-refractivity contribution is 0.109. The van der Waals surface area contributed by atoms with Gasteiger partial charge in [-0.05, 0) is 38.5 Å². The Balaban J connectivity index is 1.92. The Bertz CT molecular complexity index is 489. The summed E-state index contributed by atoms with van der Waals surface area (Å²) in [5.74, 6) is 0.315. The monoisotopic (exact) mass is 273 g/mol. The summed E-state index contributed by atoms with van der Waals surface area (Å²) in [4.78, 5) is 0.207. The SMILES string of the molecule is Cc1[nH]ncc1S(=O)(=O)NCC1CCC(O)CC1. The van der Waals surface area contributed by atoms with Crippen molar-refractivity contribution in [2.24, 2.45) is 5.92 Å². The number of nitrogens with one attached hydrogen (secondary N) is 2. The number of rotatable bonds is 4. The third kappa shape index (κ3) is 3.09. The van der Waals surface area contributed by atoms with E-state index in [1.165, 1.54) is 6.20 Å². The van der Waals surface area contributed by atoms with Crippen molar-refractivity contribution < 1.29 is 13.5 Å². The quantitative estimate of drug-likeness (QED) is 0.746. The Kier molecular flexibility index (Phi) is 4.04. The van der Waals surface area contributed by atoms with Crippen molar-refractivity contribution >= 4 is 10.0 Å². The summed E-state index contributed by atoms with van der Waals surface area (Å²) < 4.78 is 26.6. The molecule has 102 valence electrons. The Morgan fingerprint density at radius 3 is 2.67 bits per heavy atom. The number of aromatic amines is 1. The first kappa shape index (κ1) is 13.5. The highest BCUT2D eigenvalue weighted by atomic mass is 32.2. The largest absolute Gasteiger partial charge is 0.393 e. The minimum absolute atomic E-state index is 0.207. The molecule has 1 saturated carbocycles. The van der Waals surface area contributed by atoms with Crippen LogP contribution >= 0.6 is 0 Å². The first-order chi connectivity index (χ1) is 8.49.